The van der Waals surface area contributed by atoms with E-state index in [-0.39, 0.29) is 0 Å². The van der Waals surface area contributed by atoms with E-state index in [2.05, 4.69) is 65.7 Å². The lowest BCUT2D eigenvalue weighted by molar-refractivity contribution is 0.450. The van der Waals surface area contributed by atoms with Crippen LogP contribution in [-0.2, 0) is 0 Å². The van der Waals surface area contributed by atoms with E-state index in [1.54, 1.807) is 0 Å². The van der Waals surface area contributed by atoms with Crippen LogP contribution < -0.4 is 15.5 Å². The van der Waals surface area contributed by atoms with E-state index < -0.39 is 0 Å². The number of anilines is 2. The summed E-state index contributed by atoms with van der Waals surface area (Å²) in [5, 5.41) is 8.40. The van der Waals surface area contributed by atoms with Crippen LogP contribution in [0.1, 0.15) is 44.1 Å². The summed E-state index contributed by atoms with van der Waals surface area (Å²) in [6.45, 7) is 2.05. The highest BCUT2D eigenvalue weighted by Crippen LogP contribution is 2.41. The van der Waals surface area contributed by atoms with Gasteiger partial charge in [0.2, 0.25) is 0 Å². The van der Waals surface area contributed by atoms with Crippen LogP contribution in [-0.4, -0.2) is 41.1 Å². The van der Waals surface area contributed by atoms with Crippen molar-refractivity contribution in [3.05, 3.63) is 52.5 Å². The number of nitrogens with zero attached hydrogens (tertiary/aromatic N) is 3. The van der Waals surface area contributed by atoms with Crippen molar-refractivity contribution in [2.75, 3.05) is 30.4 Å². The molecule has 5 rings (SSSR count). The molecule has 0 aromatic carbocycles. The summed E-state index contributed by atoms with van der Waals surface area (Å²) in [5.41, 5.74) is 7.03. The first-order chi connectivity index (χ1) is 15.2. The molecule has 2 fully saturated rings. The molecule has 3 aromatic heterocycles. The number of aromatic amines is 1. The van der Waals surface area contributed by atoms with Gasteiger partial charge in [-0.05, 0) is 79.2 Å². The molecule has 0 radical (unpaired) electrons. The quantitative estimate of drug-likeness (QED) is 0.461. The molecule has 6 nitrogen and oxygen atoms in total. The summed E-state index contributed by atoms with van der Waals surface area (Å²) in [7, 11) is 2.06. The molecule has 1 saturated heterocycles. The Labute approximate surface area is 191 Å². The molecule has 1 aliphatic heterocycles. The number of likely N-dealkylation sites (N-methyl/N-ethyl adjacent to an activating group) is 1. The first kappa shape index (κ1) is 20.5. The summed E-state index contributed by atoms with van der Waals surface area (Å²) in [4.78, 5) is 14.9. The Balaban J connectivity index is 1.59. The van der Waals surface area contributed by atoms with Crippen LogP contribution in [0.3, 0.4) is 0 Å². The lowest BCUT2D eigenvalue weighted by atomic mass is 10.0. The summed E-state index contributed by atoms with van der Waals surface area (Å²) >= 11 is 3.80. The molecule has 1 saturated carbocycles. The number of allylic oxidation sites excluding steroid dienone is 1. The summed E-state index contributed by atoms with van der Waals surface area (Å²) in [5.74, 6) is 0. The van der Waals surface area contributed by atoms with Crippen molar-refractivity contribution >= 4 is 44.0 Å². The number of piperidine rings is 1. The molecule has 4 heterocycles. The molecule has 0 spiro atoms. The average molecular weight is 481 g/mol. The predicted molar refractivity (Wildman–Crippen MR) is 131 cm³/mol. The smallest absolute Gasteiger partial charge is 0.141 e. The largest absolute Gasteiger partial charge is 0.368 e. The van der Waals surface area contributed by atoms with Crippen LogP contribution in [0.5, 0.6) is 0 Å². The first-order valence-electron chi connectivity index (χ1n) is 11.2. The van der Waals surface area contributed by atoms with E-state index in [9.17, 15) is 0 Å². The molecule has 31 heavy (non-hydrogen) atoms. The van der Waals surface area contributed by atoms with Crippen LogP contribution in [0.15, 0.2) is 47.0 Å². The average Bonchev–Trinajstić information content (AvgIpc) is 3.48. The van der Waals surface area contributed by atoms with Crippen LogP contribution >= 0.6 is 15.9 Å². The SMILES string of the molecule is CN[C@@H]1CCCN(c2c(Br)cnc3[nH]cc(NC(=C4CCCC4)c4cccnc4)c23)C1. The van der Waals surface area contributed by atoms with Gasteiger partial charge in [-0.1, -0.05) is 0 Å². The zero-order valence-electron chi connectivity index (χ0n) is 17.9. The molecule has 1 aliphatic carbocycles. The van der Waals surface area contributed by atoms with Gasteiger partial charge in [0, 0.05) is 55.2 Å². The molecule has 3 aromatic rings. The Morgan fingerprint density at radius 1 is 1.23 bits per heavy atom. The first-order valence-corrected chi connectivity index (χ1v) is 12.0. The van der Waals surface area contributed by atoms with Crippen LogP contribution in [0.4, 0.5) is 11.4 Å². The van der Waals surface area contributed by atoms with Gasteiger partial charge in [0.15, 0.2) is 0 Å². The van der Waals surface area contributed by atoms with Crippen molar-refractivity contribution in [2.45, 2.75) is 44.6 Å². The summed E-state index contributed by atoms with van der Waals surface area (Å²) in [6.07, 6.45) is 15.0. The number of rotatable bonds is 5. The number of nitrogens with one attached hydrogen (secondary N) is 3. The van der Waals surface area contributed by atoms with E-state index in [1.807, 2.05) is 24.7 Å². The second-order valence-corrected chi connectivity index (χ2v) is 9.36. The van der Waals surface area contributed by atoms with Crippen molar-refractivity contribution in [3.8, 4) is 0 Å². The minimum atomic E-state index is 0.505. The zero-order valence-corrected chi connectivity index (χ0v) is 19.5. The fourth-order valence-electron chi connectivity index (χ4n) is 4.94. The normalized spacial score (nSPS) is 19.2. The van der Waals surface area contributed by atoms with Crippen molar-refractivity contribution in [3.63, 3.8) is 0 Å². The monoisotopic (exact) mass is 480 g/mol. The fraction of sp³-hybridized carbons (Fsp3) is 0.417. The van der Waals surface area contributed by atoms with Gasteiger partial charge in [0.1, 0.15) is 5.65 Å². The van der Waals surface area contributed by atoms with E-state index in [0.29, 0.717) is 6.04 Å². The summed E-state index contributed by atoms with van der Waals surface area (Å²) < 4.78 is 1.04. The molecule has 0 bridgehead atoms. The Bertz CT molecular complexity index is 1080. The van der Waals surface area contributed by atoms with Gasteiger partial charge in [0.05, 0.1) is 21.2 Å². The minimum Gasteiger partial charge on any atom is -0.368 e. The second-order valence-electron chi connectivity index (χ2n) is 8.51. The van der Waals surface area contributed by atoms with Gasteiger partial charge < -0.3 is 20.5 Å². The number of pyridine rings is 2. The standard InChI is InChI=1S/C24H29BrN6/c1-26-18-9-5-11-31(15-18)23-19(25)13-28-24-21(23)20(14-29-24)30-22(16-6-2-3-7-16)17-8-4-10-27-12-17/h4,8,10,12-14,18,26,30H,2-3,5-7,9,11,15H2,1H3,(H,28,29)/t18-/m1/s1. The van der Waals surface area contributed by atoms with E-state index >= 15 is 0 Å². The summed E-state index contributed by atoms with van der Waals surface area (Å²) in [6, 6.07) is 4.66. The molecule has 0 unspecified atom stereocenters. The highest BCUT2D eigenvalue weighted by atomic mass is 79.9. The number of hydrogen-bond acceptors (Lipinski definition) is 5. The number of hydrogen-bond donors (Lipinski definition) is 3. The molecular formula is C24H29BrN6. The lowest BCUT2D eigenvalue weighted by Gasteiger charge is -2.35. The third-order valence-electron chi connectivity index (χ3n) is 6.55. The van der Waals surface area contributed by atoms with Crippen molar-refractivity contribution in [2.24, 2.45) is 0 Å². The lowest BCUT2D eigenvalue weighted by Crippen LogP contribution is -2.44. The van der Waals surface area contributed by atoms with E-state index in [0.717, 1.165) is 52.7 Å². The van der Waals surface area contributed by atoms with Crippen molar-refractivity contribution in [1.29, 1.82) is 0 Å². The maximum Gasteiger partial charge on any atom is 0.141 e. The molecule has 7 heteroatoms. The third-order valence-corrected chi connectivity index (χ3v) is 7.13. The highest BCUT2D eigenvalue weighted by molar-refractivity contribution is 9.10. The topological polar surface area (TPSA) is 68.9 Å². The number of H-pyrrole nitrogens is 1. The van der Waals surface area contributed by atoms with E-state index in [1.165, 1.54) is 42.6 Å². The Kier molecular flexibility index (Phi) is 5.96. The Hall–Kier alpha value is -2.38. The maximum absolute atomic E-state index is 4.66. The third kappa shape index (κ3) is 4.08. The number of halogens is 1. The van der Waals surface area contributed by atoms with Gasteiger partial charge in [-0.2, -0.15) is 0 Å². The van der Waals surface area contributed by atoms with E-state index in [4.69, 9.17) is 0 Å². The Morgan fingerprint density at radius 3 is 2.87 bits per heavy atom. The van der Waals surface area contributed by atoms with Crippen molar-refractivity contribution < 1.29 is 0 Å². The molecule has 3 N–H and O–H groups in total. The molecule has 1 atom stereocenters. The number of aromatic nitrogens is 3. The van der Waals surface area contributed by atoms with Crippen LogP contribution in [0.2, 0.25) is 0 Å². The maximum atomic E-state index is 4.66. The highest BCUT2D eigenvalue weighted by Gasteiger charge is 2.25. The van der Waals surface area contributed by atoms with Gasteiger partial charge in [-0.25, -0.2) is 4.98 Å². The van der Waals surface area contributed by atoms with Gasteiger partial charge in [-0.15, -0.1) is 0 Å². The predicted octanol–water partition coefficient (Wildman–Crippen LogP) is 5.31. The Morgan fingerprint density at radius 2 is 2.10 bits per heavy atom. The molecular weight excluding hydrogens is 452 g/mol. The molecule has 2 aliphatic rings. The number of fused-ring (bicyclic) bond motifs is 1. The van der Waals surface area contributed by atoms with Crippen LogP contribution in [0, 0.1) is 0 Å². The minimum absolute atomic E-state index is 0.505. The second kappa shape index (κ2) is 9.01. The van der Waals surface area contributed by atoms with Crippen molar-refractivity contribution in [1.82, 2.24) is 20.3 Å². The van der Waals surface area contributed by atoms with Gasteiger partial charge in [-0.3, -0.25) is 4.98 Å². The van der Waals surface area contributed by atoms with Crippen LogP contribution in [0.25, 0.3) is 16.7 Å². The molecule has 162 valence electrons. The van der Waals surface area contributed by atoms with Gasteiger partial charge in [0.25, 0.3) is 0 Å². The fourth-order valence-corrected chi connectivity index (χ4v) is 5.49. The van der Waals surface area contributed by atoms with Gasteiger partial charge >= 0.3 is 0 Å². The zero-order chi connectivity index (χ0) is 21.2. The molecule has 0 amide bonds.